The maximum absolute atomic E-state index is 13.6. The van der Waals surface area contributed by atoms with Gasteiger partial charge in [0, 0.05) is 6.04 Å². The van der Waals surface area contributed by atoms with E-state index in [0.29, 0.717) is 23.9 Å². The molecular weight excluding hydrogens is 244 g/mol. The highest BCUT2D eigenvalue weighted by molar-refractivity contribution is 5.19. The van der Waals surface area contributed by atoms with Crippen LogP contribution in [0.5, 0.6) is 0 Å². The molecule has 106 valence electrons. The Morgan fingerprint density at radius 3 is 2.68 bits per heavy atom. The number of rotatable bonds is 6. The Kier molecular flexibility index (Phi) is 5.32. The second-order valence-electron chi connectivity index (χ2n) is 5.48. The summed E-state index contributed by atoms with van der Waals surface area (Å²) in [7, 11) is 0. The predicted molar refractivity (Wildman–Crippen MR) is 74.1 cm³/mol. The van der Waals surface area contributed by atoms with Crippen LogP contribution in [0.15, 0.2) is 18.2 Å². The van der Waals surface area contributed by atoms with Crippen molar-refractivity contribution in [1.82, 2.24) is 5.32 Å². The lowest BCUT2D eigenvalue weighted by atomic mass is 9.92. The van der Waals surface area contributed by atoms with Gasteiger partial charge in [0.2, 0.25) is 0 Å². The summed E-state index contributed by atoms with van der Waals surface area (Å²) in [5, 5.41) is 3.51. The zero-order valence-corrected chi connectivity index (χ0v) is 11.6. The fourth-order valence-electron chi connectivity index (χ4n) is 3.17. The molecule has 0 spiro atoms. The monoisotopic (exact) mass is 267 g/mol. The molecule has 0 aromatic heterocycles. The van der Waals surface area contributed by atoms with Gasteiger partial charge >= 0.3 is 0 Å². The number of halogens is 2. The number of nitrogens with one attached hydrogen (secondary N) is 1. The number of benzene rings is 1. The molecule has 1 N–H and O–H groups in total. The molecule has 1 unspecified atom stereocenters. The van der Waals surface area contributed by atoms with Gasteiger partial charge in [-0.05, 0) is 61.9 Å². The van der Waals surface area contributed by atoms with Gasteiger partial charge in [0.05, 0.1) is 0 Å². The summed E-state index contributed by atoms with van der Waals surface area (Å²) in [6.07, 6.45) is 6.64. The minimum atomic E-state index is -0.350. The smallest absolute Gasteiger partial charge is 0.126 e. The lowest BCUT2D eigenvalue weighted by Crippen LogP contribution is -2.35. The number of hydrogen-bond acceptors (Lipinski definition) is 1. The lowest BCUT2D eigenvalue weighted by molar-refractivity contribution is 0.344. The van der Waals surface area contributed by atoms with Gasteiger partial charge in [0.1, 0.15) is 11.6 Å². The maximum atomic E-state index is 13.6. The second kappa shape index (κ2) is 6.99. The molecule has 2 rings (SSSR count). The molecule has 3 heteroatoms. The van der Waals surface area contributed by atoms with E-state index in [0.717, 1.165) is 13.0 Å². The van der Waals surface area contributed by atoms with Crippen LogP contribution in [-0.2, 0) is 6.42 Å². The molecule has 1 aliphatic carbocycles. The van der Waals surface area contributed by atoms with Gasteiger partial charge in [0.15, 0.2) is 0 Å². The highest BCUT2D eigenvalue weighted by Crippen LogP contribution is 2.29. The van der Waals surface area contributed by atoms with Gasteiger partial charge in [-0.2, -0.15) is 0 Å². The predicted octanol–water partition coefficient (Wildman–Crippen LogP) is 4.07. The Hall–Kier alpha value is -0.960. The van der Waals surface area contributed by atoms with Crippen LogP contribution in [0.4, 0.5) is 8.78 Å². The zero-order valence-electron chi connectivity index (χ0n) is 11.6. The van der Waals surface area contributed by atoms with E-state index >= 15 is 0 Å². The molecule has 1 fully saturated rings. The molecule has 1 nitrogen and oxygen atoms in total. The van der Waals surface area contributed by atoms with Crippen molar-refractivity contribution in [3.8, 4) is 0 Å². The Bertz CT molecular complexity index is 400. The summed E-state index contributed by atoms with van der Waals surface area (Å²) >= 11 is 0. The highest BCUT2D eigenvalue weighted by atomic mass is 19.1. The SMILES string of the molecule is CCNC(CCc1cc(F)ccc1F)C1CCCC1. The molecule has 1 atom stereocenters. The van der Waals surface area contributed by atoms with Crippen LogP contribution in [-0.4, -0.2) is 12.6 Å². The van der Waals surface area contributed by atoms with Gasteiger partial charge in [-0.1, -0.05) is 19.8 Å². The molecule has 0 saturated heterocycles. The Morgan fingerprint density at radius 2 is 2.00 bits per heavy atom. The van der Waals surface area contributed by atoms with Gasteiger partial charge in [-0.3, -0.25) is 0 Å². The second-order valence-corrected chi connectivity index (χ2v) is 5.48. The molecule has 0 heterocycles. The van der Waals surface area contributed by atoms with E-state index in [2.05, 4.69) is 12.2 Å². The normalized spacial score (nSPS) is 17.8. The first-order chi connectivity index (χ1) is 9.20. The van der Waals surface area contributed by atoms with Gasteiger partial charge in [-0.15, -0.1) is 0 Å². The van der Waals surface area contributed by atoms with Crippen molar-refractivity contribution >= 4 is 0 Å². The Balaban J connectivity index is 1.95. The first kappa shape index (κ1) is 14.4. The first-order valence-corrected chi connectivity index (χ1v) is 7.38. The number of aryl methyl sites for hydroxylation is 1. The van der Waals surface area contributed by atoms with Gasteiger partial charge < -0.3 is 5.32 Å². The first-order valence-electron chi connectivity index (χ1n) is 7.38. The summed E-state index contributed by atoms with van der Waals surface area (Å²) in [4.78, 5) is 0. The van der Waals surface area contributed by atoms with Crippen molar-refractivity contribution in [2.75, 3.05) is 6.54 Å². The quantitative estimate of drug-likeness (QED) is 0.819. The summed E-state index contributed by atoms with van der Waals surface area (Å²) in [6.45, 7) is 3.04. The van der Waals surface area contributed by atoms with Crippen LogP contribution in [0.25, 0.3) is 0 Å². The topological polar surface area (TPSA) is 12.0 Å². The van der Waals surface area contributed by atoms with Crippen molar-refractivity contribution in [2.24, 2.45) is 5.92 Å². The highest BCUT2D eigenvalue weighted by Gasteiger charge is 2.24. The molecule has 1 aliphatic rings. The molecule has 1 aromatic carbocycles. The minimum absolute atomic E-state index is 0.289. The van der Waals surface area contributed by atoms with Gasteiger partial charge in [0.25, 0.3) is 0 Å². The third-order valence-electron chi connectivity index (χ3n) is 4.17. The van der Waals surface area contributed by atoms with E-state index in [1.165, 1.54) is 43.9 Å². The maximum Gasteiger partial charge on any atom is 0.126 e. The molecule has 0 amide bonds. The van der Waals surface area contributed by atoms with Gasteiger partial charge in [-0.25, -0.2) is 8.78 Å². The van der Waals surface area contributed by atoms with Crippen LogP contribution >= 0.6 is 0 Å². The molecule has 0 radical (unpaired) electrons. The van der Waals surface area contributed by atoms with E-state index in [-0.39, 0.29) is 11.6 Å². The van der Waals surface area contributed by atoms with E-state index in [1.807, 2.05) is 0 Å². The molecule has 19 heavy (non-hydrogen) atoms. The summed E-state index contributed by atoms with van der Waals surface area (Å²) in [5.41, 5.74) is 0.501. The lowest BCUT2D eigenvalue weighted by Gasteiger charge is -2.24. The van der Waals surface area contributed by atoms with E-state index in [1.54, 1.807) is 0 Å². The van der Waals surface area contributed by atoms with Crippen molar-refractivity contribution in [3.63, 3.8) is 0 Å². The van der Waals surface area contributed by atoms with E-state index in [4.69, 9.17) is 0 Å². The van der Waals surface area contributed by atoms with Crippen LogP contribution < -0.4 is 5.32 Å². The van der Waals surface area contributed by atoms with Crippen LogP contribution in [0.1, 0.15) is 44.6 Å². The zero-order chi connectivity index (χ0) is 13.7. The molecular formula is C16H23F2N. The van der Waals surface area contributed by atoms with Crippen LogP contribution in [0.2, 0.25) is 0 Å². The summed E-state index contributed by atoms with van der Waals surface area (Å²) in [6, 6.07) is 4.17. The molecule has 1 aromatic rings. The molecule has 0 aliphatic heterocycles. The Labute approximate surface area is 114 Å². The molecule has 0 bridgehead atoms. The van der Waals surface area contributed by atoms with E-state index in [9.17, 15) is 8.78 Å². The third-order valence-corrected chi connectivity index (χ3v) is 4.17. The third kappa shape index (κ3) is 4.00. The Morgan fingerprint density at radius 1 is 1.26 bits per heavy atom. The average molecular weight is 267 g/mol. The average Bonchev–Trinajstić information content (AvgIpc) is 2.92. The fourth-order valence-corrected chi connectivity index (χ4v) is 3.17. The van der Waals surface area contributed by atoms with E-state index < -0.39 is 0 Å². The fraction of sp³-hybridized carbons (Fsp3) is 0.625. The standard InChI is InChI=1S/C16H23F2N/c1-2-19-16(12-5-3-4-6-12)10-7-13-11-14(17)8-9-15(13)18/h8-9,11-12,16,19H,2-7,10H2,1H3. The van der Waals surface area contributed by atoms with Crippen LogP contribution in [0, 0.1) is 17.6 Å². The van der Waals surface area contributed by atoms with Crippen molar-refractivity contribution in [3.05, 3.63) is 35.4 Å². The van der Waals surface area contributed by atoms with Crippen molar-refractivity contribution < 1.29 is 8.78 Å². The van der Waals surface area contributed by atoms with Crippen molar-refractivity contribution in [2.45, 2.75) is 51.5 Å². The summed E-state index contributed by atoms with van der Waals surface area (Å²) in [5.74, 6) is 0.0666. The largest absolute Gasteiger partial charge is 0.314 e. The molecule has 1 saturated carbocycles. The summed E-state index contributed by atoms with van der Waals surface area (Å²) < 4.78 is 26.7. The number of hydrogen-bond donors (Lipinski definition) is 1. The minimum Gasteiger partial charge on any atom is -0.314 e. The van der Waals surface area contributed by atoms with Crippen molar-refractivity contribution in [1.29, 1.82) is 0 Å². The van der Waals surface area contributed by atoms with Crippen LogP contribution in [0.3, 0.4) is 0 Å².